The zero-order valence-electron chi connectivity index (χ0n) is 14.4. The maximum Gasteiger partial charge on any atom is 0.332 e. The predicted octanol–water partition coefficient (Wildman–Crippen LogP) is 3.94. The minimum atomic E-state index is -1.43. The molecule has 0 aliphatic carbocycles. The number of esters is 1. The zero-order valence-corrected chi connectivity index (χ0v) is 15.9. The number of nitrogens with one attached hydrogen (secondary N) is 1. The lowest BCUT2D eigenvalue weighted by Gasteiger charge is -2.34. The quantitative estimate of drug-likeness (QED) is 0.617. The van der Waals surface area contributed by atoms with Gasteiger partial charge in [0.05, 0.1) is 19.4 Å². The third-order valence-corrected chi connectivity index (χ3v) is 5.67. The molecule has 1 unspecified atom stereocenters. The Labute approximate surface area is 161 Å². The molecule has 1 aliphatic rings. The van der Waals surface area contributed by atoms with E-state index in [2.05, 4.69) is 5.32 Å². The average molecular weight is 392 g/mol. The van der Waals surface area contributed by atoms with E-state index in [1.807, 2.05) is 24.3 Å². The number of halogens is 1. The first kappa shape index (κ1) is 18.6. The van der Waals surface area contributed by atoms with Crippen molar-refractivity contribution >= 4 is 40.9 Å². The van der Waals surface area contributed by atoms with Gasteiger partial charge in [-0.2, -0.15) is 0 Å². The van der Waals surface area contributed by atoms with Crippen molar-refractivity contribution in [1.82, 2.24) is 0 Å². The monoisotopic (exact) mass is 391 g/mol. The number of rotatable bonds is 5. The molecule has 0 bridgehead atoms. The molecule has 0 aromatic heterocycles. The number of methoxy groups -OCH3 is 1. The van der Waals surface area contributed by atoms with Crippen LogP contribution in [0.3, 0.4) is 0 Å². The summed E-state index contributed by atoms with van der Waals surface area (Å²) in [5.41, 5.74) is 1.43. The number of fused-ring (bicyclic) bond motifs is 1. The van der Waals surface area contributed by atoms with E-state index < -0.39 is 16.6 Å². The third-order valence-electron chi connectivity index (χ3n) is 4.04. The summed E-state index contributed by atoms with van der Waals surface area (Å²) in [5, 5.41) is 3.35. The van der Waals surface area contributed by atoms with E-state index in [1.165, 1.54) is 11.8 Å². The minimum Gasteiger partial charge on any atom is -0.497 e. The molecule has 136 valence electrons. The van der Waals surface area contributed by atoms with Crippen molar-refractivity contribution in [2.75, 3.05) is 19.0 Å². The highest BCUT2D eigenvalue weighted by Gasteiger charge is 2.51. The highest BCUT2D eigenvalue weighted by molar-refractivity contribution is 8.02. The predicted molar refractivity (Wildman–Crippen MR) is 102 cm³/mol. The van der Waals surface area contributed by atoms with Crippen molar-refractivity contribution in [3.63, 3.8) is 0 Å². The van der Waals surface area contributed by atoms with Crippen LogP contribution in [-0.4, -0.2) is 30.3 Å². The van der Waals surface area contributed by atoms with Gasteiger partial charge >= 0.3 is 5.97 Å². The van der Waals surface area contributed by atoms with Crippen LogP contribution in [0.1, 0.15) is 12.5 Å². The number of ether oxygens (including phenoxy) is 2. The van der Waals surface area contributed by atoms with Gasteiger partial charge in [-0.1, -0.05) is 35.5 Å². The second kappa shape index (κ2) is 7.60. The SMILES string of the molecule is CCOC(=O)C1(Cc2cccc(OC)c2)Sc2cc(Cl)ccc2NC1=O. The molecule has 0 saturated heterocycles. The standard InChI is InChI=1S/C19H18ClNO4S/c1-3-25-18(23)19(11-12-5-4-6-14(9-12)24-2)17(22)21-15-8-7-13(20)10-16(15)26-19/h4-10H,3,11H2,1-2H3,(H,21,22). The molecule has 1 aliphatic heterocycles. The van der Waals surface area contributed by atoms with Crippen LogP contribution in [0.4, 0.5) is 5.69 Å². The molecular weight excluding hydrogens is 374 g/mol. The number of anilines is 1. The van der Waals surface area contributed by atoms with Crippen molar-refractivity contribution in [3.8, 4) is 5.75 Å². The number of amides is 1. The van der Waals surface area contributed by atoms with Crippen molar-refractivity contribution in [2.24, 2.45) is 0 Å². The third kappa shape index (κ3) is 3.52. The lowest BCUT2D eigenvalue weighted by atomic mass is 9.96. The highest BCUT2D eigenvalue weighted by atomic mass is 35.5. The molecule has 1 amide bonds. The summed E-state index contributed by atoms with van der Waals surface area (Å²) in [6.07, 6.45) is 0.172. The van der Waals surface area contributed by atoms with Crippen LogP contribution in [0.15, 0.2) is 47.4 Å². The second-order valence-corrected chi connectivity index (χ2v) is 7.55. The lowest BCUT2D eigenvalue weighted by molar-refractivity contribution is -0.148. The van der Waals surface area contributed by atoms with E-state index >= 15 is 0 Å². The summed E-state index contributed by atoms with van der Waals surface area (Å²) >= 11 is 7.26. The van der Waals surface area contributed by atoms with E-state index in [9.17, 15) is 9.59 Å². The Hall–Kier alpha value is -2.18. The number of hydrogen-bond donors (Lipinski definition) is 1. The first-order chi connectivity index (χ1) is 12.5. The molecule has 0 fully saturated rings. The summed E-state index contributed by atoms with van der Waals surface area (Å²) in [5.74, 6) is -0.319. The first-order valence-electron chi connectivity index (χ1n) is 8.08. The van der Waals surface area contributed by atoms with E-state index in [0.717, 1.165) is 10.5 Å². The fraction of sp³-hybridized carbons (Fsp3) is 0.263. The zero-order chi connectivity index (χ0) is 18.7. The van der Waals surface area contributed by atoms with E-state index in [4.69, 9.17) is 21.1 Å². The molecule has 0 radical (unpaired) electrons. The fourth-order valence-corrected chi connectivity index (χ4v) is 4.33. The molecular formula is C19H18ClNO4S. The molecule has 0 spiro atoms. The molecule has 1 atom stereocenters. The van der Waals surface area contributed by atoms with Gasteiger partial charge in [0.25, 0.3) is 5.91 Å². The average Bonchev–Trinajstić information content (AvgIpc) is 2.63. The Bertz CT molecular complexity index is 857. The van der Waals surface area contributed by atoms with Gasteiger partial charge in [-0.15, -0.1) is 0 Å². The van der Waals surface area contributed by atoms with Gasteiger partial charge in [-0.25, -0.2) is 4.79 Å². The van der Waals surface area contributed by atoms with E-state index in [1.54, 1.807) is 32.2 Å². The summed E-state index contributed by atoms with van der Waals surface area (Å²) in [7, 11) is 1.57. The van der Waals surface area contributed by atoms with Crippen LogP contribution in [-0.2, 0) is 20.7 Å². The number of thioether (sulfide) groups is 1. The van der Waals surface area contributed by atoms with Crippen molar-refractivity contribution in [2.45, 2.75) is 23.0 Å². The normalized spacial score (nSPS) is 18.7. The summed E-state index contributed by atoms with van der Waals surface area (Å²) < 4.78 is 9.06. The molecule has 2 aromatic rings. The summed E-state index contributed by atoms with van der Waals surface area (Å²) in [6, 6.07) is 12.4. The molecule has 3 rings (SSSR count). The van der Waals surface area contributed by atoms with Gasteiger partial charge in [0.2, 0.25) is 4.75 Å². The van der Waals surface area contributed by atoms with Gasteiger partial charge in [0.15, 0.2) is 0 Å². The van der Waals surface area contributed by atoms with Gasteiger partial charge < -0.3 is 14.8 Å². The highest BCUT2D eigenvalue weighted by Crippen LogP contribution is 2.46. The van der Waals surface area contributed by atoms with Crippen LogP contribution in [0.5, 0.6) is 5.75 Å². The Morgan fingerprint density at radius 2 is 2.08 bits per heavy atom. The molecule has 0 saturated carbocycles. The Kier molecular flexibility index (Phi) is 5.44. The van der Waals surface area contributed by atoms with Gasteiger partial charge in [-0.3, -0.25) is 4.79 Å². The van der Waals surface area contributed by atoms with Crippen molar-refractivity contribution < 1.29 is 19.1 Å². The maximum absolute atomic E-state index is 12.9. The number of carbonyl (C=O) groups is 2. The molecule has 1 heterocycles. The van der Waals surface area contributed by atoms with E-state index in [0.29, 0.717) is 16.5 Å². The summed E-state index contributed by atoms with van der Waals surface area (Å²) in [4.78, 5) is 26.5. The maximum atomic E-state index is 12.9. The van der Waals surface area contributed by atoms with Crippen LogP contribution in [0.2, 0.25) is 5.02 Å². The van der Waals surface area contributed by atoms with Crippen molar-refractivity contribution in [1.29, 1.82) is 0 Å². The second-order valence-electron chi connectivity index (χ2n) is 5.77. The minimum absolute atomic E-state index is 0.172. The van der Waals surface area contributed by atoms with Crippen LogP contribution in [0.25, 0.3) is 0 Å². The molecule has 5 nitrogen and oxygen atoms in total. The van der Waals surface area contributed by atoms with Gasteiger partial charge in [-0.05, 0) is 42.8 Å². The van der Waals surface area contributed by atoms with Crippen LogP contribution >= 0.6 is 23.4 Å². The Morgan fingerprint density at radius 1 is 1.27 bits per heavy atom. The molecule has 1 N–H and O–H groups in total. The lowest BCUT2D eigenvalue weighted by Crippen LogP contribution is -2.51. The van der Waals surface area contributed by atoms with Crippen molar-refractivity contribution in [3.05, 3.63) is 53.1 Å². The number of hydrogen-bond acceptors (Lipinski definition) is 5. The fourth-order valence-electron chi connectivity index (χ4n) is 2.78. The molecule has 26 heavy (non-hydrogen) atoms. The summed E-state index contributed by atoms with van der Waals surface area (Å²) in [6.45, 7) is 1.91. The smallest absolute Gasteiger partial charge is 0.332 e. The Morgan fingerprint density at radius 3 is 2.81 bits per heavy atom. The number of benzene rings is 2. The van der Waals surface area contributed by atoms with Gasteiger partial charge in [0.1, 0.15) is 5.75 Å². The van der Waals surface area contributed by atoms with Crippen LogP contribution < -0.4 is 10.1 Å². The van der Waals surface area contributed by atoms with Crippen LogP contribution in [0, 0.1) is 0 Å². The topological polar surface area (TPSA) is 64.6 Å². The molecule has 7 heteroatoms. The largest absolute Gasteiger partial charge is 0.497 e. The first-order valence-corrected chi connectivity index (χ1v) is 9.28. The van der Waals surface area contributed by atoms with Gasteiger partial charge in [0, 0.05) is 16.3 Å². The molecule has 2 aromatic carbocycles. The Balaban J connectivity index is 2.04. The van der Waals surface area contributed by atoms with E-state index in [-0.39, 0.29) is 13.0 Å². The number of carbonyl (C=O) groups excluding carboxylic acids is 2.